The zero-order valence-corrected chi connectivity index (χ0v) is 26.6. The van der Waals surface area contributed by atoms with Crippen LogP contribution in [0.15, 0.2) is 53.0 Å². The van der Waals surface area contributed by atoms with Gasteiger partial charge in [-0.2, -0.15) is 18.2 Å². The van der Waals surface area contributed by atoms with Crippen LogP contribution < -0.4 is 15.8 Å². The number of nitrogens with two attached hydrogens (primary N) is 1. The van der Waals surface area contributed by atoms with E-state index in [1.165, 1.54) is 12.0 Å². The minimum atomic E-state index is -4.64. The number of alkyl halides is 4. The molecule has 1 unspecified atom stereocenters. The monoisotopic (exact) mass is 676 g/mol. The van der Waals surface area contributed by atoms with Crippen molar-refractivity contribution in [3.05, 3.63) is 59.3 Å². The number of rotatable bonds is 6. The number of likely N-dealkylation sites (tertiary alicyclic amines) is 1. The lowest BCUT2D eigenvalue weighted by molar-refractivity contribution is -0.0881. The van der Waals surface area contributed by atoms with E-state index in [4.69, 9.17) is 20.4 Å². The Balaban J connectivity index is 1.23. The maximum Gasteiger partial charge on any atom is 0.416 e. The topological polar surface area (TPSA) is 133 Å². The van der Waals surface area contributed by atoms with Crippen LogP contribution in [0.5, 0.6) is 5.75 Å². The van der Waals surface area contributed by atoms with Gasteiger partial charge in [0.1, 0.15) is 29.1 Å². The van der Waals surface area contributed by atoms with Crippen molar-refractivity contribution in [3.8, 4) is 17.3 Å². The normalized spacial score (nSPS) is 22.6. The number of piperidine rings is 1. The summed E-state index contributed by atoms with van der Waals surface area (Å²) in [5, 5.41) is 3.39. The molecule has 2 aliphatic carbocycles. The lowest BCUT2D eigenvalue weighted by atomic mass is 9.90. The number of benzene rings is 1. The number of carbonyl (C=O) groups excluding carboxylic acids is 2. The van der Waals surface area contributed by atoms with Crippen LogP contribution in [0.25, 0.3) is 39.2 Å². The number of hydrogen-bond donors (Lipinski definition) is 2. The second-order valence-electron chi connectivity index (χ2n) is 13.2. The first kappa shape index (κ1) is 31.2. The molecule has 1 saturated carbocycles. The number of fused-ring (bicyclic) bond motifs is 3. The Bertz CT molecular complexity index is 2150. The van der Waals surface area contributed by atoms with Crippen molar-refractivity contribution >= 4 is 45.3 Å². The van der Waals surface area contributed by atoms with Crippen LogP contribution >= 0.6 is 0 Å². The third-order valence-electron chi connectivity index (χ3n) is 9.57. The second kappa shape index (κ2) is 11.3. The third-order valence-corrected chi connectivity index (χ3v) is 9.57. The number of urea groups is 1. The summed E-state index contributed by atoms with van der Waals surface area (Å²) >= 11 is 0. The van der Waals surface area contributed by atoms with Crippen LogP contribution in [0.4, 0.5) is 22.4 Å². The van der Waals surface area contributed by atoms with Crippen molar-refractivity contribution < 1.29 is 31.9 Å². The summed E-state index contributed by atoms with van der Waals surface area (Å²) < 4.78 is 65.5. The van der Waals surface area contributed by atoms with Gasteiger partial charge in [-0.25, -0.2) is 19.2 Å². The molecule has 3 amide bonds. The summed E-state index contributed by atoms with van der Waals surface area (Å²) in [5.74, 6) is 1.01. The number of imidazole rings is 1. The number of carbonyl (C=O) groups is 2. The number of pyridine rings is 1. The molecule has 11 nitrogen and oxygen atoms in total. The number of aryl methyl sites for hydroxylation is 1. The molecule has 4 aromatic rings. The van der Waals surface area contributed by atoms with E-state index in [0.29, 0.717) is 46.3 Å². The number of aromatic nitrogens is 4. The van der Waals surface area contributed by atoms with E-state index in [2.05, 4.69) is 10.3 Å². The second-order valence-corrected chi connectivity index (χ2v) is 13.2. The molecule has 4 aliphatic rings. The molecule has 0 radical (unpaired) electrons. The number of hydrogen-bond acceptors (Lipinski definition) is 6. The highest BCUT2D eigenvalue weighted by Crippen LogP contribution is 2.40. The Morgan fingerprint density at radius 1 is 1.12 bits per heavy atom. The maximum absolute atomic E-state index is 14.3. The molecule has 1 saturated heterocycles. The number of allylic oxidation sites excluding steroid dienone is 2. The molecule has 3 atom stereocenters. The van der Waals surface area contributed by atoms with Crippen molar-refractivity contribution in [2.24, 2.45) is 23.7 Å². The Morgan fingerprint density at radius 3 is 2.63 bits per heavy atom. The lowest BCUT2D eigenvalue weighted by Gasteiger charge is -2.33. The largest absolute Gasteiger partial charge is 0.494 e. The van der Waals surface area contributed by atoms with E-state index in [1.54, 1.807) is 24.3 Å². The molecule has 8 rings (SSSR count). The first-order valence-corrected chi connectivity index (χ1v) is 16.0. The third kappa shape index (κ3) is 5.45. The number of ether oxygens (including phenoxy) is 1. The minimum absolute atomic E-state index is 0.00934. The number of nitrogens with one attached hydrogen (secondary N) is 1. The van der Waals surface area contributed by atoms with Crippen molar-refractivity contribution in [1.82, 2.24) is 29.3 Å². The Hall–Kier alpha value is -5.05. The highest BCUT2D eigenvalue weighted by Gasteiger charge is 2.40. The molecule has 3 aromatic heterocycles. The Labute approximate surface area is 277 Å². The highest BCUT2D eigenvalue weighted by atomic mass is 19.4. The first-order chi connectivity index (χ1) is 23.4. The van der Waals surface area contributed by atoms with E-state index in [0.717, 1.165) is 36.1 Å². The molecular formula is C34H32F4N8O3. The fraction of sp³-hybridized carbons (Fsp3) is 0.382. The van der Waals surface area contributed by atoms with E-state index < -0.39 is 36.0 Å². The molecule has 15 heteroatoms. The fourth-order valence-corrected chi connectivity index (χ4v) is 7.06. The zero-order chi connectivity index (χ0) is 34.4. The summed E-state index contributed by atoms with van der Waals surface area (Å²) in [6.45, 7) is 0.816. The van der Waals surface area contributed by atoms with Crippen molar-refractivity contribution in [2.75, 3.05) is 20.2 Å². The molecule has 2 fully saturated rings. The summed E-state index contributed by atoms with van der Waals surface area (Å²) in [5.41, 5.74) is 8.29. The number of methoxy groups -OCH3 is 1. The zero-order valence-electron chi connectivity index (χ0n) is 26.6. The predicted molar refractivity (Wildman–Crippen MR) is 174 cm³/mol. The van der Waals surface area contributed by atoms with Gasteiger partial charge in [0.25, 0.3) is 5.91 Å². The number of aliphatic imine (C=N–C) groups is 1. The van der Waals surface area contributed by atoms with Crippen LogP contribution in [0.1, 0.15) is 35.3 Å². The standard InChI is InChI=1S/C34H32F4N8O3/c1-44-29-25(7-18(9-27(29)49-2)32(47)45-14-20(35)12-21(39)15-45)41-31(44)26-8-17-5-6-23(40-30(17)46(26)13-16-3-4-16)22-10-19(34(36,37)38)11-24-28(22)43-33(48)42-24/h5-11,16,20-21,28H,3-4,12-15,39H2,1-2H3,(H,43,48)/t20-,21-,28?/m1/s1. The van der Waals surface area contributed by atoms with Crippen molar-refractivity contribution in [2.45, 2.75) is 50.2 Å². The molecule has 1 aromatic carbocycles. The average Bonchev–Trinajstić information content (AvgIpc) is 3.56. The Morgan fingerprint density at radius 2 is 1.92 bits per heavy atom. The number of amides is 3. The van der Waals surface area contributed by atoms with Gasteiger partial charge in [0.05, 0.1) is 41.8 Å². The SMILES string of the molecule is COc1cc(C(=O)N2C[C@H](N)C[C@@H](F)C2)cc2nc(-c3cc4ccc(C5=CC(C(F)(F)F)=CC6=NC(=O)NC56)nc4n3CC3CC3)n(C)c12. The molecule has 49 heavy (non-hydrogen) atoms. The molecule has 2 aliphatic heterocycles. The first-order valence-electron chi connectivity index (χ1n) is 16.0. The lowest BCUT2D eigenvalue weighted by Crippen LogP contribution is -2.50. The summed E-state index contributed by atoms with van der Waals surface area (Å²) in [6.07, 6.45) is -1.69. The fourth-order valence-electron chi connectivity index (χ4n) is 7.06. The summed E-state index contributed by atoms with van der Waals surface area (Å²) in [6, 6.07) is 6.65. The van der Waals surface area contributed by atoms with E-state index >= 15 is 0 Å². The van der Waals surface area contributed by atoms with Crippen molar-refractivity contribution in [1.29, 1.82) is 0 Å². The van der Waals surface area contributed by atoms with Gasteiger partial charge in [-0.1, -0.05) is 0 Å². The Kier molecular flexibility index (Phi) is 7.17. The molecule has 0 spiro atoms. The van der Waals surface area contributed by atoms with Gasteiger partial charge in [-0.3, -0.25) is 4.79 Å². The molecule has 254 valence electrons. The van der Waals surface area contributed by atoms with Gasteiger partial charge < -0.3 is 29.8 Å². The molecule has 5 heterocycles. The minimum Gasteiger partial charge on any atom is -0.494 e. The van der Waals surface area contributed by atoms with Gasteiger partial charge in [-0.15, -0.1) is 0 Å². The van der Waals surface area contributed by atoms with E-state index in [9.17, 15) is 27.2 Å². The van der Waals surface area contributed by atoms with Crippen LogP contribution in [0, 0.1) is 5.92 Å². The van der Waals surface area contributed by atoms with Crippen molar-refractivity contribution in [3.63, 3.8) is 0 Å². The number of nitrogens with zero attached hydrogens (tertiary/aromatic N) is 6. The van der Waals surface area contributed by atoms with Crippen LogP contribution in [0.3, 0.4) is 0 Å². The average molecular weight is 677 g/mol. The van der Waals surface area contributed by atoms with E-state index in [-0.39, 0.29) is 42.4 Å². The maximum atomic E-state index is 14.3. The van der Waals surface area contributed by atoms with Gasteiger partial charge >= 0.3 is 12.2 Å². The van der Waals surface area contributed by atoms with Gasteiger partial charge in [0, 0.05) is 42.7 Å². The quantitative estimate of drug-likeness (QED) is 0.278. The smallest absolute Gasteiger partial charge is 0.416 e. The number of halogens is 4. The highest BCUT2D eigenvalue weighted by molar-refractivity contribution is 6.18. The van der Waals surface area contributed by atoms with E-state index in [1.807, 2.05) is 22.2 Å². The predicted octanol–water partition coefficient (Wildman–Crippen LogP) is 4.94. The molecule has 3 N–H and O–H groups in total. The molecular weight excluding hydrogens is 644 g/mol. The van der Waals surface area contributed by atoms with Crippen LogP contribution in [-0.4, -0.2) is 86.3 Å². The van der Waals surface area contributed by atoms with Gasteiger partial charge in [-0.05, 0) is 67.7 Å². The van der Waals surface area contributed by atoms with Crippen LogP contribution in [-0.2, 0) is 13.6 Å². The summed E-state index contributed by atoms with van der Waals surface area (Å²) in [7, 11) is 3.34. The summed E-state index contributed by atoms with van der Waals surface area (Å²) in [4.78, 5) is 40.6. The van der Waals surface area contributed by atoms with Gasteiger partial charge in [0.2, 0.25) is 0 Å². The van der Waals surface area contributed by atoms with Gasteiger partial charge in [0.15, 0.2) is 5.82 Å². The van der Waals surface area contributed by atoms with Crippen LogP contribution in [0.2, 0.25) is 0 Å². The molecule has 0 bridgehead atoms.